The van der Waals surface area contributed by atoms with Gasteiger partial charge < -0.3 is 5.73 Å². The lowest BCUT2D eigenvalue weighted by molar-refractivity contribution is 0.626. The van der Waals surface area contributed by atoms with Gasteiger partial charge in [0.2, 0.25) is 0 Å². The lowest BCUT2D eigenvalue weighted by atomic mass is 10.1. The van der Waals surface area contributed by atoms with Gasteiger partial charge in [0, 0.05) is 11.6 Å². The fraction of sp³-hybridized carbons (Fsp3) is 0.474. The SMILES string of the molecule is CCC(C)C.CCCC=Nc1c(N)nc2ccccc2c1C. The average Bonchev–Trinajstić information content (AvgIpc) is 2.51. The summed E-state index contributed by atoms with van der Waals surface area (Å²) < 4.78 is 0. The van der Waals surface area contributed by atoms with Crippen LogP contribution >= 0.6 is 0 Å². The number of hydrogen-bond donors (Lipinski definition) is 1. The van der Waals surface area contributed by atoms with Crippen molar-refractivity contribution in [3.05, 3.63) is 29.8 Å². The van der Waals surface area contributed by atoms with Crippen molar-refractivity contribution in [2.45, 2.75) is 53.9 Å². The summed E-state index contributed by atoms with van der Waals surface area (Å²) in [7, 11) is 0. The Morgan fingerprint density at radius 1 is 1.23 bits per heavy atom. The van der Waals surface area contributed by atoms with Gasteiger partial charge in [0.05, 0.1) is 5.52 Å². The van der Waals surface area contributed by atoms with E-state index in [4.69, 9.17) is 5.73 Å². The third-order valence-electron chi connectivity index (χ3n) is 3.60. The third-order valence-corrected chi connectivity index (χ3v) is 3.60. The summed E-state index contributed by atoms with van der Waals surface area (Å²) in [6, 6.07) is 8.00. The smallest absolute Gasteiger partial charge is 0.150 e. The predicted octanol–water partition coefficient (Wildman–Crippen LogP) is 5.68. The summed E-state index contributed by atoms with van der Waals surface area (Å²) in [5, 5.41) is 1.12. The summed E-state index contributed by atoms with van der Waals surface area (Å²) in [4.78, 5) is 8.81. The van der Waals surface area contributed by atoms with Crippen molar-refractivity contribution in [3.63, 3.8) is 0 Å². The van der Waals surface area contributed by atoms with E-state index in [0.717, 1.165) is 40.9 Å². The van der Waals surface area contributed by atoms with Crippen LogP contribution in [-0.2, 0) is 0 Å². The first-order valence-corrected chi connectivity index (χ1v) is 8.18. The zero-order valence-electron chi connectivity index (χ0n) is 14.6. The molecule has 0 unspecified atom stereocenters. The van der Waals surface area contributed by atoms with Gasteiger partial charge in [0.25, 0.3) is 0 Å². The number of hydrogen-bond acceptors (Lipinski definition) is 3. The van der Waals surface area contributed by atoms with Crippen LogP contribution in [0.1, 0.15) is 52.5 Å². The van der Waals surface area contributed by atoms with E-state index < -0.39 is 0 Å². The number of anilines is 1. The number of unbranched alkanes of at least 4 members (excludes halogenated alkanes) is 1. The van der Waals surface area contributed by atoms with Crippen molar-refractivity contribution in [2.75, 3.05) is 5.73 Å². The standard InChI is InChI=1S/C14H17N3.C5H12/c1-3-4-9-16-13-10(2)11-7-5-6-8-12(11)17-14(13)15;1-4-5(2)3/h5-9H,3-4H2,1-2H3,(H2,15,17);5H,4H2,1-3H3. The van der Waals surface area contributed by atoms with Crippen LogP contribution in [0.4, 0.5) is 11.5 Å². The Balaban J connectivity index is 0.000000422. The van der Waals surface area contributed by atoms with Gasteiger partial charge in [-0.2, -0.15) is 0 Å². The normalized spacial score (nSPS) is 11.0. The Morgan fingerprint density at radius 2 is 1.86 bits per heavy atom. The fourth-order valence-electron chi connectivity index (χ4n) is 1.84. The van der Waals surface area contributed by atoms with Gasteiger partial charge in [-0.05, 0) is 30.9 Å². The molecule has 2 N–H and O–H groups in total. The largest absolute Gasteiger partial charge is 0.382 e. The van der Waals surface area contributed by atoms with Crippen LogP contribution in [0.2, 0.25) is 0 Å². The molecule has 0 atom stereocenters. The van der Waals surface area contributed by atoms with Gasteiger partial charge in [-0.1, -0.05) is 58.7 Å². The predicted molar refractivity (Wildman–Crippen MR) is 99.1 cm³/mol. The highest BCUT2D eigenvalue weighted by atomic mass is 14.9. The second-order valence-corrected chi connectivity index (χ2v) is 5.89. The van der Waals surface area contributed by atoms with Gasteiger partial charge in [-0.25, -0.2) is 4.98 Å². The van der Waals surface area contributed by atoms with E-state index in [1.54, 1.807) is 0 Å². The number of aryl methyl sites for hydroxylation is 1. The molecule has 120 valence electrons. The molecule has 3 heteroatoms. The Morgan fingerprint density at radius 3 is 2.45 bits per heavy atom. The monoisotopic (exact) mass is 299 g/mol. The molecule has 2 aromatic rings. The molecule has 0 saturated carbocycles. The van der Waals surface area contributed by atoms with Crippen LogP contribution in [0.25, 0.3) is 10.9 Å². The molecule has 22 heavy (non-hydrogen) atoms. The second-order valence-electron chi connectivity index (χ2n) is 5.89. The highest BCUT2D eigenvalue weighted by molar-refractivity contribution is 5.90. The maximum Gasteiger partial charge on any atom is 0.150 e. The topological polar surface area (TPSA) is 51.3 Å². The first kappa shape index (κ1) is 18.1. The number of nitrogen functional groups attached to an aromatic ring is 1. The number of para-hydroxylation sites is 1. The number of nitrogens with zero attached hydrogens (tertiary/aromatic N) is 2. The quantitative estimate of drug-likeness (QED) is 0.738. The summed E-state index contributed by atoms with van der Waals surface area (Å²) in [5.74, 6) is 1.39. The molecule has 0 radical (unpaired) electrons. The molecular weight excluding hydrogens is 270 g/mol. The Bertz CT molecular complexity index is 615. The number of benzene rings is 1. The van der Waals surface area contributed by atoms with Crippen molar-refractivity contribution in [1.82, 2.24) is 4.98 Å². The Labute approximate surface area is 134 Å². The minimum absolute atomic E-state index is 0.508. The number of aliphatic imine (C=N–C) groups is 1. The number of nitrogens with two attached hydrogens (primary N) is 1. The molecule has 1 heterocycles. The molecule has 0 saturated heterocycles. The van der Waals surface area contributed by atoms with E-state index >= 15 is 0 Å². The summed E-state index contributed by atoms with van der Waals surface area (Å²) in [5.41, 5.74) is 8.77. The minimum Gasteiger partial charge on any atom is -0.382 e. The number of rotatable bonds is 4. The number of fused-ring (bicyclic) bond motifs is 1. The molecule has 0 aliphatic rings. The lowest BCUT2D eigenvalue weighted by Crippen LogP contribution is -1.94. The van der Waals surface area contributed by atoms with Gasteiger partial charge in [-0.15, -0.1) is 0 Å². The zero-order chi connectivity index (χ0) is 16.5. The zero-order valence-corrected chi connectivity index (χ0v) is 14.6. The molecule has 1 aromatic carbocycles. The van der Waals surface area contributed by atoms with Crippen LogP contribution in [-0.4, -0.2) is 11.2 Å². The summed E-state index contributed by atoms with van der Waals surface area (Å²) in [6.07, 6.45) is 5.27. The number of aromatic nitrogens is 1. The highest BCUT2D eigenvalue weighted by Gasteiger charge is 2.07. The molecule has 0 amide bonds. The van der Waals surface area contributed by atoms with E-state index in [1.807, 2.05) is 31.3 Å². The molecule has 3 nitrogen and oxygen atoms in total. The second kappa shape index (κ2) is 9.19. The van der Waals surface area contributed by atoms with E-state index in [-0.39, 0.29) is 0 Å². The molecule has 0 spiro atoms. The van der Waals surface area contributed by atoms with Crippen LogP contribution < -0.4 is 5.73 Å². The summed E-state index contributed by atoms with van der Waals surface area (Å²) >= 11 is 0. The molecule has 0 aliphatic carbocycles. The first-order valence-electron chi connectivity index (χ1n) is 8.18. The van der Waals surface area contributed by atoms with Crippen LogP contribution in [0.5, 0.6) is 0 Å². The van der Waals surface area contributed by atoms with Crippen molar-refractivity contribution < 1.29 is 0 Å². The van der Waals surface area contributed by atoms with E-state index in [2.05, 4.69) is 43.7 Å². The minimum atomic E-state index is 0.508. The van der Waals surface area contributed by atoms with Crippen LogP contribution in [0, 0.1) is 12.8 Å². The highest BCUT2D eigenvalue weighted by Crippen LogP contribution is 2.30. The lowest BCUT2D eigenvalue weighted by Gasteiger charge is -2.07. The van der Waals surface area contributed by atoms with E-state index in [0.29, 0.717) is 5.82 Å². The van der Waals surface area contributed by atoms with Crippen molar-refractivity contribution in [2.24, 2.45) is 10.9 Å². The molecular formula is C19H29N3. The van der Waals surface area contributed by atoms with E-state index in [9.17, 15) is 0 Å². The van der Waals surface area contributed by atoms with Crippen LogP contribution in [0.15, 0.2) is 29.3 Å². The molecule has 2 rings (SSSR count). The third kappa shape index (κ3) is 5.14. The van der Waals surface area contributed by atoms with Gasteiger partial charge in [-0.3, -0.25) is 4.99 Å². The van der Waals surface area contributed by atoms with Gasteiger partial charge >= 0.3 is 0 Å². The van der Waals surface area contributed by atoms with Crippen molar-refractivity contribution in [3.8, 4) is 0 Å². The first-order chi connectivity index (χ1) is 10.5. The van der Waals surface area contributed by atoms with Crippen molar-refractivity contribution in [1.29, 1.82) is 0 Å². The van der Waals surface area contributed by atoms with Crippen molar-refractivity contribution >= 4 is 28.6 Å². The Hall–Kier alpha value is -1.90. The Kier molecular flexibility index (Phi) is 7.58. The molecule has 0 bridgehead atoms. The van der Waals surface area contributed by atoms with Gasteiger partial charge in [0.1, 0.15) is 11.5 Å². The van der Waals surface area contributed by atoms with E-state index in [1.165, 1.54) is 6.42 Å². The average molecular weight is 299 g/mol. The van der Waals surface area contributed by atoms with Crippen LogP contribution in [0.3, 0.4) is 0 Å². The van der Waals surface area contributed by atoms with Gasteiger partial charge in [0.15, 0.2) is 0 Å². The molecule has 1 aromatic heterocycles. The summed E-state index contributed by atoms with van der Waals surface area (Å²) in [6.45, 7) is 10.8. The fourth-order valence-corrected chi connectivity index (χ4v) is 1.84. The maximum atomic E-state index is 5.94. The molecule has 0 fully saturated rings. The number of pyridine rings is 1. The molecule has 0 aliphatic heterocycles. The maximum absolute atomic E-state index is 5.94.